The van der Waals surface area contributed by atoms with E-state index in [1.807, 2.05) is 6.92 Å². The molecule has 2 amide bonds. The van der Waals surface area contributed by atoms with Gasteiger partial charge in [-0.1, -0.05) is 0 Å². The lowest BCUT2D eigenvalue weighted by atomic mass is 10.7. The summed E-state index contributed by atoms with van der Waals surface area (Å²) in [5.74, 6) is 0. The third kappa shape index (κ3) is 2.32. The number of hydrogen-bond acceptors (Lipinski definition) is 2. The molecular weight excluding hydrogens is 120 g/mol. The summed E-state index contributed by atoms with van der Waals surface area (Å²) < 4.78 is 0. The van der Waals surface area contributed by atoms with Gasteiger partial charge in [0.05, 0.1) is 7.11 Å². The summed E-state index contributed by atoms with van der Waals surface area (Å²) in [5.41, 5.74) is 0. The van der Waals surface area contributed by atoms with Gasteiger partial charge in [0.2, 0.25) is 0 Å². The molecule has 1 radical (unpaired) electrons. The first-order valence-corrected chi connectivity index (χ1v) is 2.71. The van der Waals surface area contributed by atoms with E-state index >= 15 is 0 Å². The van der Waals surface area contributed by atoms with E-state index in [1.54, 1.807) is 0 Å². The molecule has 4 nitrogen and oxygen atoms in total. The van der Waals surface area contributed by atoms with E-state index in [4.69, 9.17) is 0 Å². The van der Waals surface area contributed by atoms with Crippen LogP contribution < -0.4 is 5.32 Å². The Kier molecular flexibility index (Phi) is 3.79. The van der Waals surface area contributed by atoms with Crippen molar-refractivity contribution in [3.8, 4) is 0 Å². The minimum Gasteiger partial charge on any atom is -0.273 e. The molecule has 0 spiro atoms. The van der Waals surface area contributed by atoms with Crippen LogP contribution in [0.4, 0.5) is 4.79 Å². The van der Waals surface area contributed by atoms with Crippen LogP contribution in [0.3, 0.4) is 0 Å². The summed E-state index contributed by atoms with van der Waals surface area (Å²) in [7, 11) is 2.87. The standard InChI is InChI=1S/C5H11N2O2/c1-4-7(9-3)5(8)6-2/h4H2,1-3H3. The topological polar surface area (TPSA) is 43.6 Å². The van der Waals surface area contributed by atoms with Gasteiger partial charge in [0.25, 0.3) is 0 Å². The fourth-order valence-corrected chi connectivity index (χ4v) is 0.454. The smallest absolute Gasteiger partial charge is 0.273 e. The van der Waals surface area contributed by atoms with E-state index in [0.29, 0.717) is 6.54 Å². The normalized spacial score (nSPS) is 8.78. The van der Waals surface area contributed by atoms with E-state index in [-0.39, 0.29) is 6.03 Å². The van der Waals surface area contributed by atoms with Crippen LogP contribution >= 0.6 is 0 Å². The molecule has 0 saturated carbocycles. The second-order valence-electron chi connectivity index (χ2n) is 1.38. The Bertz CT molecular complexity index is 91.0. The van der Waals surface area contributed by atoms with Crippen molar-refractivity contribution >= 4 is 6.03 Å². The number of nitrogens with zero attached hydrogens (tertiary/aromatic N) is 2. The number of carbonyl (C=O) groups is 1. The summed E-state index contributed by atoms with van der Waals surface area (Å²) in [5, 5.41) is 4.56. The number of urea groups is 1. The van der Waals surface area contributed by atoms with E-state index in [0.717, 1.165) is 0 Å². The molecule has 0 aromatic heterocycles. The van der Waals surface area contributed by atoms with Crippen LogP contribution in [-0.4, -0.2) is 31.8 Å². The largest absolute Gasteiger partial charge is 0.362 e. The molecule has 4 heteroatoms. The lowest BCUT2D eigenvalue weighted by Crippen LogP contribution is -2.33. The van der Waals surface area contributed by atoms with Crippen LogP contribution in [0.1, 0.15) is 6.92 Å². The number of rotatable bonds is 2. The van der Waals surface area contributed by atoms with Gasteiger partial charge in [-0.2, -0.15) is 0 Å². The molecule has 0 aliphatic carbocycles. The summed E-state index contributed by atoms with van der Waals surface area (Å²) in [6, 6.07) is -0.347. The average molecular weight is 131 g/mol. The zero-order valence-electron chi connectivity index (χ0n) is 5.92. The van der Waals surface area contributed by atoms with E-state index in [9.17, 15) is 4.79 Å². The third-order valence-electron chi connectivity index (χ3n) is 0.912. The Hall–Kier alpha value is -0.770. The minimum atomic E-state index is -0.347. The van der Waals surface area contributed by atoms with Gasteiger partial charge < -0.3 is 0 Å². The summed E-state index contributed by atoms with van der Waals surface area (Å²) in [4.78, 5) is 15.3. The van der Waals surface area contributed by atoms with Crippen LogP contribution in [0.15, 0.2) is 0 Å². The van der Waals surface area contributed by atoms with Crippen molar-refractivity contribution < 1.29 is 9.63 Å². The summed E-state index contributed by atoms with van der Waals surface area (Å²) in [6.07, 6.45) is 0. The molecule has 0 bridgehead atoms. The molecule has 0 saturated heterocycles. The molecule has 0 rings (SSSR count). The van der Waals surface area contributed by atoms with Crippen molar-refractivity contribution in [2.45, 2.75) is 6.92 Å². The molecule has 0 aliphatic rings. The van der Waals surface area contributed by atoms with Crippen molar-refractivity contribution in [3.63, 3.8) is 0 Å². The maximum Gasteiger partial charge on any atom is 0.362 e. The Morgan fingerprint density at radius 3 is 2.44 bits per heavy atom. The van der Waals surface area contributed by atoms with Gasteiger partial charge in [0.1, 0.15) is 0 Å². The number of hydroxylamine groups is 2. The zero-order valence-corrected chi connectivity index (χ0v) is 5.92. The molecule has 0 atom stereocenters. The van der Waals surface area contributed by atoms with Crippen LogP contribution in [-0.2, 0) is 4.84 Å². The highest BCUT2D eigenvalue weighted by molar-refractivity contribution is 5.72. The van der Waals surface area contributed by atoms with E-state index < -0.39 is 0 Å². The monoisotopic (exact) mass is 131 g/mol. The molecule has 0 N–H and O–H groups in total. The first-order chi connectivity index (χ1) is 4.26. The molecule has 0 aromatic carbocycles. The van der Waals surface area contributed by atoms with Crippen LogP contribution in [0.5, 0.6) is 0 Å². The summed E-state index contributed by atoms with van der Waals surface area (Å²) in [6.45, 7) is 2.33. The highest BCUT2D eigenvalue weighted by Gasteiger charge is 2.07. The van der Waals surface area contributed by atoms with Gasteiger partial charge in [0.15, 0.2) is 0 Å². The van der Waals surface area contributed by atoms with Crippen molar-refractivity contribution in [1.29, 1.82) is 0 Å². The predicted octanol–water partition coefficient (Wildman–Crippen LogP) is 0.224. The minimum absolute atomic E-state index is 0.347. The highest BCUT2D eigenvalue weighted by atomic mass is 16.7. The Balaban J connectivity index is 3.64. The highest BCUT2D eigenvalue weighted by Crippen LogP contribution is 1.86. The molecule has 0 aromatic rings. The Morgan fingerprint density at radius 2 is 2.33 bits per heavy atom. The Labute approximate surface area is 54.7 Å². The van der Waals surface area contributed by atoms with Gasteiger partial charge in [0, 0.05) is 13.6 Å². The van der Waals surface area contributed by atoms with Crippen LogP contribution in [0.2, 0.25) is 0 Å². The molecule has 0 unspecified atom stereocenters. The van der Waals surface area contributed by atoms with Crippen molar-refractivity contribution in [1.82, 2.24) is 10.4 Å². The van der Waals surface area contributed by atoms with E-state index in [1.165, 1.54) is 19.2 Å². The van der Waals surface area contributed by atoms with Crippen molar-refractivity contribution in [3.05, 3.63) is 0 Å². The fourth-order valence-electron chi connectivity index (χ4n) is 0.454. The SMILES string of the molecule is CCN(OC)C(=O)[N]C. The quantitative estimate of drug-likeness (QED) is 0.503. The van der Waals surface area contributed by atoms with Crippen LogP contribution in [0, 0.1) is 0 Å². The maximum absolute atomic E-state index is 10.6. The van der Waals surface area contributed by atoms with Crippen molar-refractivity contribution in [2.24, 2.45) is 0 Å². The second kappa shape index (κ2) is 4.14. The Morgan fingerprint density at radius 1 is 1.78 bits per heavy atom. The van der Waals surface area contributed by atoms with Gasteiger partial charge in [-0.3, -0.25) is 4.84 Å². The predicted molar refractivity (Wildman–Crippen MR) is 32.8 cm³/mol. The van der Waals surface area contributed by atoms with Gasteiger partial charge >= 0.3 is 6.03 Å². The molecule has 0 heterocycles. The van der Waals surface area contributed by atoms with E-state index in [2.05, 4.69) is 10.2 Å². The third-order valence-corrected chi connectivity index (χ3v) is 0.912. The fraction of sp³-hybridized carbons (Fsp3) is 0.800. The lowest BCUT2D eigenvalue weighted by Gasteiger charge is -2.14. The van der Waals surface area contributed by atoms with Crippen molar-refractivity contribution in [2.75, 3.05) is 20.7 Å². The number of amides is 2. The molecular formula is C5H11N2O2. The van der Waals surface area contributed by atoms with Gasteiger partial charge in [-0.05, 0) is 6.92 Å². The summed E-state index contributed by atoms with van der Waals surface area (Å²) >= 11 is 0. The average Bonchev–Trinajstić information content (AvgIpc) is 1.90. The molecule has 53 valence electrons. The van der Waals surface area contributed by atoms with Crippen LogP contribution in [0.25, 0.3) is 0 Å². The second-order valence-corrected chi connectivity index (χ2v) is 1.38. The maximum atomic E-state index is 10.6. The number of carbonyl (C=O) groups excluding carboxylic acids is 1. The molecule has 0 fully saturated rings. The first-order valence-electron chi connectivity index (χ1n) is 2.71. The zero-order chi connectivity index (χ0) is 7.28. The van der Waals surface area contributed by atoms with Gasteiger partial charge in [-0.25, -0.2) is 15.2 Å². The number of hydrogen-bond donors (Lipinski definition) is 0. The van der Waals surface area contributed by atoms with Gasteiger partial charge in [-0.15, -0.1) is 0 Å². The first kappa shape index (κ1) is 8.23. The molecule has 0 aliphatic heterocycles. The lowest BCUT2D eigenvalue weighted by molar-refractivity contribution is -0.0819. The molecule has 9 heavy (non-hydrogen) atoms.